The van der Waals surface area contributed by atoms with Gasteiger partial charge in [-0.05, 0) is 49.8 Å². The average molecular weight is 262 g/mol. The molecule has 1 unspecified atom stereocenters. The van der Waals surface area contributed by atoms with Gasteiger partial charge in [0.05, 0.1) is 6.07 Å². The van der Waals surface area contributed by atoms with E-state index >= 15 is 0 Å². The zero-order valence-electron chi connectivity index (χ0n) is 11.3. The SMILES string of the molecule is CCNC(C)c1cccc(SCCCCC#N)c1. The molecule has 1 atom stereocenters. The van der Waals surface area contributed by atoms with Gasteiger partial charge in [-0.15, -0.1) is 11.8 Å². The predicted molar refractivity (Wildman–Crippen MR) is 78.7 cm³/mol. The Hall–Kier alpha value is -0.980. The maximum absolute atomic E-state index is 8.47. The number of nitrogens with zero attached hydrogens (tertiary/aromatic N) is 1. The summed E-state index contributed by atoms with van der Waals surface area (Å²) < 4.78 is 0. The van der Waals surface area contributed by atoms with Crippen LogP contribution in [0, 0.1) is 11.3 Å². The molecule has 18 heavy (non-hydrogen) atoms. The van der Waals surface area contributed by atoms with Crippen molar-refractivity contribution in [3.8, 4) is 6.07 Å². The molecule has 0 amide bonds. The second-order valence-corrected chi connectivity index (χ2v) is 5.48. The summed E-state index contributed by atoms with van der Waals surface area (Å²) in [5.74, 6) is 1.10. The third kappa shape index (κ3) is 5.57. The van der Waals surface area contributed by atoms with Crippen LogP contribution >= 0.6 is 11.8 Å². The first kappa shape index (κ1) is 15.1. The van der Waals surface area contributed by atoms with Crippen LogP contribution in [0.15, 0.2) is 29.2 Å². The molecule has 0 aliphatic carbocycles. The Morgan fingerprint density at radius 3 is 2.94 bits per heavy atom. The Bertz CT molecular complexity index is 384. The van der Waals surface area contributed by atoms with Gasteiger partial charge < -0.3 is 5.32 Å². The first-order valence-electron chi connectivity index (χ1n) is 6.61. The normalized spacial score (nSPS) is 12.1. The summed E-state index contributed by atoms with van der Waals surface area (Å²) in [6.07, 6.45) is 2.81. The highest BCUT2D eigenvalue weighted by molar-refractivity contribution is 7.99. The van der Waals surface area contributed by atoms with Gasteiger partial charge in [0.1, 0.15) is 0 Å². The van der Waals surface area contributed by atoms with Gasteiger partial charge >= 0.3 is 0 Å². The molecule has 0 heterocycles. The topological polar surface area (TPSA) is 35.8 Å². The quantitative estimate of drug-likeness (QED) is 0.565. The molecule has 0 aliphatic rings. The van der Waals surface area contributed by atoms with E-state index in [1.165, 1.54) is 10.5 Å². The largest absolute Gasteiger partial charge is 0.310 e. The summed E-state index contributed by atoms with van der Waals surface area (Å²) in [6, 6.07) is 11.3. The van der Waals surface area contributed by atoms with Crippen molar-refractivity contribution in [3.63, 3.8) is 0 Å². The van der Waals surface area contributed by atoms with E-state index < -0.39 is 0 Å². The van der Waals surface area contributed by atoms with E-state index in [1.807, 2.05) is 11.8 Å². The van der Waals surface area contributed by atoms with E-state index in [0.717, 1.165) is 25.1 Å². The number of thioether (sulfide) groups is 1. The van der Waals surface area contributed by atoms with Crippen molar-refractivity contribution >= 4 is 11.8 Å². The van der Waals surface area contributed by atoms with Crippen molar-refractivity contribution in [1.29, 1.82) is 5.26 Å². The van der Waals surface area contributed by atoms with Crippen LogP contribution in [0.3, 0.4) is 0 Å². The standard InChI is InChI=1S/C15H22N2S/c1-3-17-13(2)14-8-7-9-15(12-14)18-11-6-4-5-10-16/h7-9,12-13,17H,3-6,11H2,1-2H3. The molecule has 0 fully saturated rings. The molecule has 0 radical (unpaired) electrons. The molecule has 1 aromatic carbocycles. The van der Waals surface area contributed by atoms with Crippen molar-refractivity contribution in [1.82, 2.24) is 5.32 Å². The lowest BCUT2D eigenvalue weighted by Crippen LogP contribution is -2.17. The van der Waals surface area contributed by atoms with Gasteiger partial charge in [0.15, 0.2) is 0 Å². The van der Waals surface area contributed by atoms with E-state index in [9.17, 15) is 0 Å². The molecule has 2 nitrogen and oxygen atoms in total. The Morgan fingerprint density at radius 2 is 2.22 bits per heavy atom. The number of nitrogens with one attached hydrogen (secondary N) is 1. The fourth-order valence-corrected chi connectivity index (χ4v) is 2.77. The third-order valence-corrected chi connectivity index (χ3v) is 3.90. The monoisotopic (exact) mass is 262 g/mol. The van der Waals surface area contributed by atoms with E-state index in [2.05, 4.69) is 49.5 Å². The van der Waals surface area contributed by atoms with Gasteiger partial charge in [-0.25, -0.2) is 0 Å². The summed E-state index contributed by atoms with van der Waals surface area (Å²) in [7, 11) is 0. The Labute approximate surface area is 115 Å². The van der Waals surface area contributed by atoms with Crippen LogP contribution in [0.2, 0.25) is 0 Å². The molecular weight excluding hydrogens is 240 g/mol. The molecule has 0 bridgehead atoms. The summed E-state index contributed by atoms with van der Waals surface area (Å²) >= 11 is 1.88. The molecular formula is C15H22N2S. The number of nitriles is 1. The van der Waals surface area contributed by atoms with Crippen molar-refractivity contribution < 1.29 is 0 Å². The van der Waals surface area contributed by atoms with Gasteiger partial charge in [0, 0.05) is 17.4 Å². The second kappa shape index (κ2) is 9.02. The zero-order valence-corrected chi connectivity index (χ0v) is 12.1. The Morgan fingerprint density at radius 1 is 1.39 bits per heavy atom. The summed E-state index contributed by atoms with van der Waals surface area (Å²) in [5, 5.41) is 11.9. The summed E-state index contributed by atoms with van der Waals surface area (Å²) in [6.45, 7) is 5.32. The smallest absolute Gasteiger partial charge is 0.0621 e. The molecule has 3 heteroatoms. The fraction of sp³-hybridized carbons (Fsp3) is 0.533. The second-order valence-electron chi connectivity index (χ2n) is 4.32. The molecule has 1 N–H and O–H groups in total. The van der Waals surface area contributed by atoms with Crippen LogP contribution in [0.5, 0.6) is 0 Å². The Kier molecular flexibility index (Phi) is 7.55. The van der Waals surface area contributed by atoms with Crippen LogP contribution in [-0.4, -0.2) is 12.3 Å². The van der Waals surface area contributed by atoms with Gasteiger partial charge in [0.25, 0.3) is 0 Å². The molecule has 1 rings (SSSR count). The van der Waals surface area contributed by atoms with E-state index in [-0.39, 0.29) is 0 Å². The molecule has 0 saturated carbocycles. The van der Waals surface area contributed by atoms with Gasteiger partial charge in [-0.1, -0.05) is 19.1 Å². The highest BCUT2D eigenvalue weighted by Gasteiger charge is 2.04. The van der Waals surface area contributed by atoms with Crippen molar-refractivity contribution in [2.75, 3.05) is 12.3 Å². The van der Waals surface area contributed by atoms with Crippen LogP contribution in [0.25, 0.3) is 0 Å². The van der Waals surface area contributed by atoms with Gasteiger partial charge in [-0.2, -0.15) is 5.26 Å². The molecule has 0 saturated heterocycles. The van der Waals surface area contributed by atoms with Crippen LogP contribution in [-0.2, 0) is 0 Å². The summed E-state index contributed by atoms with van der Waals surface area (Å²) in [4.78, 5) is 1.33. The van der Waals surface area contributed by atoms with Crippen molar-refractivity contribution in [2.45, 2.75) is 44.0 Å². The lowest BCUT2D eigenvalue weighted by Gasteiger charge is -2.13. The van der Waals surface area contributed by atoms with Crippen LogP contribution in [0.1, 0.15) is 44.7 Å². The number of unbranched alkanes of at least 4 members (excludes halogenated alkanes) is 2. The number of benzene rings is 1. The number of hydrogen-bond donors (Lipinski definition) is 1. The maximum atomic E-state index is 8.47. The minimum absolute atomic E-state index is 0.411. The Balaban J connectivity index is 2.42. The molecule has 98 valence electrons. The van der Waals surface area contributed by atoms with E-state index in [0.29, 0.717) is 12.5 Å². The highest BCUT2D eigenvalue weighted by atomic mass is 32.2. The van der Waals surface area contributed by atoms with E-state index in [4.69, 9.17) is 5.26 Å². The maximum Gasteiger partial charge on any atom is 0.0621 e. The van der Waals surface area contributed by atoms with Crippen LogP contribution < -0.4 is 5.32 Å². The highest BCUT2D eigenvalue weighted by Crippen LogP contribution is 2.23. The first-order valence-corrected chi connectivity index (χ1v) is 7.59. The molecule has 0 aliphatic heterocycles. The third-order valence-electron chi connectivity index (χ3n) is 2.82. The fourth-order valence-electron chi connectivity index (χ4n) is 1.79. The molecule has 1 aromatic rings. The van der Waals surface area contributed by atoms with Gasteiger partial charge in [-0.3, -0.25) is 0 Å². The lowest BCUT2D eigenvalue weighted by molar-refractivity contribution is 0.597. The molecule has 0 aromatic heterocycles. The number of rotatable bonds is 8. The first-order chi connectivity index (χ1) is 8.77. The lowest BCUT2D eigenvalue weighted by atomic mass is 10.1. The number of hydrogen-bond acceptors (Lipinski definition) is 3. The van der Waals surface area contributed by atoms with E-state index in [1.54, 1.807) is 0 Å². The van der Waals surface area contributed by atoms with Crippen LogP contribution in [0.4, 0.5) is 0 Å². The predicted octanol–water partition coefficient (Wildman–Crippen LogP) is 4.14. The van der Waals surface area contributed by atoms with Crippen molar-refractivity contribution in [3.05, 3.63) is 29.8 Å². The average Bonchev–Trinajstić information content (AvgIpc) is 2.39. The zero-order chi connectivity index (χ0) is 13.2. The van der Waals surface area contributed by atoms with Gasteiger partial charge in [0.2, 0.25) is 0 Å². The minimum atomic E-state index is 0.411. The summed E-state index contributed by atoms with van der Waals surface area (Å²) in [5.41, 5.74) is 1.35. The molecule has 0 spiro atoms. The van der Waals surface area contributed by atoms with Crippen molar-refractivity contribution in [2.24, 2.45) is 0 Å². The minimum Gasteiger partial charge on any atom is -0.310 e.